The second-order valence-electron chi connectivity index (χ2n) is 3.42. The van der Waals surface area contributed by atoms with E-state index in [9.17, 15) is 9.18 Å². The number of anilines is 1. The van der Waals surface area contributed by atoms with Crippen molar-refractivity contribution in [3.8, 4) is 0 Å². The molecular weight excluding hydrogens is 255 g/mol. The zero-order valence-corrected chi connectivity index (χ0v) is 10.2. The van der Waals surface area contributed by atoms with Gasteiger partial charge in [-0.05, 0) is 12.1 Å². The number of pyridine rings is 1. The summed E-state index contributed by atoms with van der Waals surface area (Å²) < 4.78 is 12.6. The smallest absolute Gasteiger partial charge is 0.320 e. The summed E-state index contributed by atoms with van der Waals surface area (Å²) in [6.07, 6.45) is 3.45. The summed E-state index contributed by atoms with van der Waals surface area (Å²) in [4.78, 5) is 19.3. The molecule has 0 aliphatic carbocycles. The molecule has 0 saturated carbocycles. The van der Waals surface area contributed by atoms with Crippen LogP contribution in [-0.2, 0) is 6.42 Å². The van der Waals surface area contributed by atoms with Crippen molar-refractivity contribution in [1.29, 1.82) is 0 Å². The van der Waals surface area contributed by atoms with Crippen LogP contribution in [0.2, 0.25) is 0 Å². The van der Waals surface area contributed by atoms with Crippen molar-refractivity contribution in [2.45, 2.75) is 6.42 Å². The molecule has 7 heteroatoms. The molecule has 0 aliphatic heterocycles. The Hall–Kier alpha value is -2.02. The molecule has 5 nitrogen and oxygen atoms in total. The third-order valence-corrected chi connectivity index (χ3v) is 2.92. The fraction of sp³-hybridized carbons (Fsp3) is 0.182. The monoisotopic (exact) mass is 266 g/mol. The highest BCUT2D eigenvalue weighted by molar-refractivity contribution is 7.09. The Morgan fingerprint density at radius 2 is 2.28 bits per heavy atom. The first kappa shape index (κ1) is 12.4. The molecule has 0 bridgehead atoms. The summed E-state index contributed by atoms with van der Waals surface area (Å²) in [6.45, 7) is 0.487. The first-order valence-electron chi connectivity index (χ1n) is 5.29. The molecule has 94 valence electrons. The van der Waals surface area contributed by atoms with Gasteiger partial charge in [0, 0.05) is 24.5 Å². The molecule has 2 amide bonds. The molecule has 2 aromatic rings. The number of urea groups is 1. The van der Waals surface area contributed by atoms with Crippen molar-refractivity contribution in [1.82, 2.24) is 15.3 Å². The number of nitrogens with one attached hydrogen (secondary N) is 2. The third kappa shape index (κ3) is 3.77. The minimum Gasteiger partial charge on any atom is -0.337 e. The van der Waals surface area contributed by atoms with Crippen molar-refractivity contribution in [2.24, 2.45) is 0 Å². The van der Waals surface area contributed by atoms with E-state index in [1.165, 1.54) is 12.1 Å². The summed E-state index contributed by atoms with van der Waals surface area (Å²) in [6, 6.07) is 2.26. The van der Waals surface area contributed by atoms with Crippen LogP contribution in [0, 0.1) is 5.82 Å². The van der Waals surface area contributed by atoms with E-state index in [4.69, 9.17) is 0 Å². The lowest BCUT2D eigenvalue weighted by Crippen LogP contribution is -2.30. The maximum atomic E-state index is 12.6. The zero-order valence-electron chi connectivity index (χ0n) is 9.39. The number of carbonyl (C=O) groups is 1. The van der Waals surface area contributed by atoms with Gasteiger partial charge >= 0.3 is 6.03 Å². The van der Waals surface area contributed by atoms with Gasteiger partial charge in [0.15, 0.2) is 0 Å². The highest BCUT2D eigenvalue weighted by Crippen LogP contribution is 2.04. The molecule has 0 unspecified atom stereocenters. The van der Waals surface area contributed by atoms with Gasteiger partial charge in [-0.1, -0.05) is 0 Å². The minimum absolute atomic E-state index is 0.308. The van der Waals surface area contributed by atoms with E-state index in [1.807, 2.05) is 5.38 Å². The van der Waals surface area contributed by atoms with Crippen LogP contribution in [-0.4, -0.2) is 22.5 Å². The van der Waals surface area contributed by atoms with E-state index < -0.39 is 5.82 Å². The number of nitrogens with zero attached hydrogens (tertiary/aromatic N) is 2. The predicted octanol–water partition coefficient (Wildman–Crippen LogP) is 2.04. The van der Waals surface area contributed by atoms with Gasteiger partial charge in [-0.2, -0.15) is 0 Å². The van der Waals surface area contributed by atoms with E-state index in [-0.39, 0.29) is 6.03 Å². The van der Waals surface area contributed by atoms with Crippen LogP contribution >= 0.6 is 11.3 Å². The summed E-state index contributed by atoms with van der Waals surface area (Å²) >= 11 is 1.54. The molecule has 0 saturated heterocycles. The van der Waals surface area contributed by atoms with E-state index >= 15 is 0 Å². The Morgan fingerprint density at radius 1 is 1.39 bits per heavy atom. The first-order chi connectivity index (χ1) is 8.74. The van der Waals surface area contributed by atoms with Crippen LogP contribution in [0.3, 0.4) is 0 Å². The quantitative estimate of drug-likeness (QED) is 0.890. The van der Waals surface area contributed by atoms with Crippen LogP contribution in [0.15, 0.2) is 29.9 Å². The second-order valence-corrected chi connectivity index (χ2v) is 4.40. The Morgan fingerprint density at radius 3 is 2.94 bits per heavy atom. The Kier molecular flexibility index (Phi) is 4.19. The molecule has 0 aliphatic rings. The molecule has 0 aromatic carbocycles. The highest BCUT2D eigenvalue weighted by atomic mass is 32.1. The fourth-order valence-electron chi connectivity index (χ4n) is 1.27. The van der Waals surface area contributed by atoms with E-state index in [2.05, 4.69) is 20.6 Å². The molecule has 2 N–H and O–H groups in total. The molecule has 2 aromatic heterocycles. The van der Waals surface area contributed by atoms with Crippen LogP contribution in [0.1, 0.15) is 5.01 Å². The largest absolute Gasteiger partial charge is 0.337 e. The molecule has 0 fully saturated rings. The lowest BCUT2D eigenvalue weighted by molar-refractivity contribution is 0.252. The van der Waals surface area contributed by atoms with Crippen LogP contribution < -0.4 is 10.6 Å². The molecule has 0 radical (unpaired) electrons. The molecule has 2 rings (SSSR count). The van der Waals surface area contributed by atoms with Gasteiger partial charge in [0.1, 0.15) is 11.6 Å². The van der Waals surface area contributed by atoms with Crippen molar-refractivity contribution >= 4 is 23.2 Å². The van der Waals surface area contributed by atoms with Gasteiger partial charge in [-0.3, -0.25) is 5.32 Å². The average molecular weight is 266 g/mol. The van der Waals surface area contributed by atoms with E-state index in [1.54, 1.807) is 17.5 Å². The van der Waals surface area contributed by atoms with Gasteiger partial charge in [0.25, 0.3) is 0 Å². The second kappa shape index (κ2) is 6.06. The minimum atomic E-state index is -0.440. The topological polar surface area (TPSA) is 66.9 Å². The maximum Gasteiger partial charge on any atom is 0.320 e. The number of thiazole rings is 1. The highest BCUT2D eigenvalue weighted by Gasteiger charge is 2.03. The van der Waals surface area contributed by atoms with E-state index in [0.717, 1.165) is 11.2 Å². The van der Waals surface area contributed by atoms with Crippen LogP contribution in [0.5, 0.6) is 0 Å². The number of aromatic nitrogens is 2. The molecule has 18 heavy (non-hydrogen) atoms. The number of halogens is 1. The Labute approximate surface area is 107 Å². The van der Waals surface area contributed by atoms with Crippen molar-refractivity contribution < 1.29 is 9.18 Å². The van der Waals surface area contributed by atoms with Crippen molar-refractivity contribution in [2.75, 3.05) is 11.9 Å². The Bertz CT molecular complexity index is 500. The van der Waals surface area contributed by atoms with Crippen molar-refractivity contribution in [3.63, 3.8) is 0 Å². The Balaban J connectivity index is 1.73. The lowest BCUT2D eigenvalue weighted by Gasteiger charge is -2.05. The van der Waals surface area contributed by atoms with Gasteiger partial charge in [0.05, 0.1) is 11.2 Å². The number of rotatable bonds is 4. The molecule has 0 atom stereocenters. The summed E-state index contributed by atoms with van der Waals surface area (Å²) in [5, 5.41) is 8.03. The molecular formula is C11H11FN4OS. The van der Waals surface area contributed by atoms with E-state index in [0.29, 0.717) is 18.8 Å². The summed E-state index contributed by atoms with van der Waals surface area (Å²) in [5.74, 6) is -0.132. The predicted molar refractivity (Wildman–Crippen MR) is 67.0 cm³/mol. The summed E-state index contributed by atoms with van der Waals surface area (Å²) in [7, 11) is 0. The van der Waals surface area contributed by atoms with Crippen molar-refractivity contribution in [3.05, 3.63) is 40.7 Å². The average Bonchev–Trinajstić information content (AvgIpc) is 2.85. The third-order valence-electron chi connectivity index (χ3n) is 2.08. The maximum absolute atomic E-state index is 12.6. The number of hydrogen-bond donors (Lipinski definition) is 2. The van der Waals surface area contributed by atoms with Gasteiger partial charge in [-0.25, -0.2) is 19.2 Å². The first-order valence-corrected chi connectivity index (χ1v) is 6.17. The normalized spacial score (nSPS) is 10.1. The molecule has 2 heterocycles. The summed E-state index contributed by atoms with van der Waals surface area (Å²) in [5.41, 5.74) is 0. The zero-order chi connectivity index (χ0) is 12.8. The lowest BCUT2D eigenvalue weighted by atomic mass is 10.4. The number of hydrogen-bond acceptors (Lipinski definition) is 4. The SMILES string of the molecule is O=C(NCCc1nccs1)Nc1ccc(F)cn1. The van der Waals surface area contributed by atoms with Gasteiger partial charge in [0.2, 0.25) is 0 Å². The van der Waals surface area contributed by atoms with Gasteiger partial charge < -0.3 is 5.32 Å². The van der Waals surface area contributed by atoms with Crippen LogP contribution in [0.25, 0.3) is 0 Å². The fourth-order valence-corrected chi connectivity index (χ4v) is 1.89. The van der Waals surface area contributed by atoms with Gasteiger partial charge in [-0.15, -0.1) is 11.3 Å². The number of carbonyl (C=O) groups excluding carboxylic acids is 1. The standard InChI is InChI=1S/C11H11FN4OS/c12-8-1-2-9(15-7-8)16-11(17)14-4-3-10-13-5-6-18-10/h1-2,5-7H,3-4H2,(H2,14,15,16,17). The van der Waals surface area contributed by atoms with Crippen LogP contribution in [0.4, 0.5) is 15.0 Å². The number of amides is 2. The molecule has 0 spiro atoms.